The molecule has 0 bridgehead atoms. The SMILES string of the molecule is CC(C)N(Cc1cccs1)S(=O)(=O)C1CCCC1C(=O)O. The van der Waals surface area contributed by atoms with Crippen LogP contribution in [-0.2, 0) is 21.4 Å². The Kier molecular flexibility index (Phi) is 5.06. The molecule has 0 radical (unpaired) electrons. The van der Waals surface area contributed by atoms with E-state index in [1.807, 2.05) is 31.4 Å². The standard InChI is InChI=1S/C14H21NO4S2/c1-10(2)15(9-11-5-4-8-20-11)21(18,19)13-7-3-6-12(13)14(16)17/h4-5,8,10,12-13H,3,6-7,9H2,1-2H3,(H,16,17). The van der Waals surface area contributed by atoms with Crippen LogP contribution in [-0.4, -0.2) is 35.1 Å². The fraction of sp³-hybridized carbons (Fsp3) is 0.643. The normalized spacial score (nSPS) is 23.0. The molecule has 1 fully saturated rings. The zero-order chi connectivity index (χ0) is 15.6. The van der Waals surface area contributed by atoms with Crippen molar-refractivity contribution in [3.63, 3.8) is 0 Å². The van der Waals surface area contributed by atoms with Crippen LogP contribution in [0.3, 0.4) is 0 Å². The number of carboxylic acid groups (broad SMARTS) is 1. The third-order valence-electron chi connectivity index (χ3n) is 3.95. The topological polar surface area (TPSA) is 74.7 Å². The van der Waals surface area contributed by atoms with Crippen LogP contribution in [0.2, 0.25) is 0 Å². The number of rotatable bonds is 6. The summed E-state index contributed by atoms with van der Waals surface area (Å²) in [6.45, 7) is 3.98. The van der Waals surface area contributed by atoms with E-state index in [0.29, 0.717) is 25.8 Å². The fourth-order valence-corrected chi connectivity index (χ4v) is 6.03. The van der Waals surface area contributed by atoms with Crippen molar-refractivity contribution in [2.45, 2.75) is 50.9 Å². The van der Waals surface area contributed by atoms with Gasteiger partial charge in [-0.2, -0.15) is 4.31 Å². The second kappa shape index (κ2) is 6.46. The van der Waals surface area contributed by atoms with Gasteiger partial charge < -0.3 is 5.11 Å². The lowest BCUT2D eigenvalue weighted by Crippen LogP contribution is -2.44. The Morgan fingerprint density at radius 1 is 1.48 bits per heavy atom. The monoisotopic (exact) mass is 331 g/mol. The molecule has 7 heteroatoms. The Bertz CT molecular complexity index is 580. The summed E-state index contributed by atoms with van der Waals surface area (Å²) < 4.78 is 27.2. The Morgan fingerprint density at radius 3 is 2.71 bits per heavy atom. The first-order chi connectivity index (χ1) is 9.84. The molecule has 21 heavy (non-hydrogen) atoms. The Balaban J connectivity index is 2.27. The molecule has 0 aromatic carbocycles. The molecule has 1 heterocycles. The third-order valence-corrected chi connectivity index (χ3v) is 7.34. The first-order valence-electron chi connectivity index (χ1n) is 7.10. The highest BCUT2D eigenvalue weighted by Crippen LogP contribution is 2.34. The summed E-state index contributed by atoms with van der Waals surface area (Å²) in [6, 6.07) is 3.60. The van der Waals surface area contributed by atoms with Crippen LogP contribution < -0.4 is 0 Å². The van der Waals surface area contributed by atoms with E-state index in [4.69, 9.17) is 0 Å². The largest absolute Gasteiger partial charge is 0.481 e. The van der Waals surface area contributed by atoms with Gasteiger partial charge >= 0.3 is 5.97 Å². The molecule has 1 saturated carbocycles. The van der Waals surface area contributed by atoms with Gasteiger partial charge in [-0.15, -0.1) is 11.3 Å². The lowest BCUT2D eigenvalue weighted by Gasteiger charge is -2.30. The zero-order valence-electron chi connectivity index (χ0n) is 12.2. The molecule has 2 atom stereocenters. The van der Waals surface area contributed by atoms with Gasteiger partial charge in [0.05, 0.1) is 11.2 Å². The molecule has 0 saturated heterocycles. The number of thiophene rings is 1. The van der Waals surface area contributed by atoms with Crippen molar-refractivity contribution in [2.24, 2.45) is 5.92 Å². The predicted molar refractivity (Wildman–Crippen MR) is 82.7 cm³/mol. The minimum Gasteiger partial charge on any atom is -0.481 e. The molecule has 1 aliphatic carbocycles. The maximum absolute atomic E-state index is 12.9. The van der Waals surface area contributed by atoms with Crippen LogP contribution in [0.4, 0.5) is 0 Å². The van der Waals surface area contributed by atoms with Crippen LogP contribution in [0, 0.1) is 5.92 Å². The minimum atomic E-state index is -3.61. The quantitative estimate of drug-likeness (QED) is 0.869. The van der Waals surface area contributed by atoms with Crippen molar-refractivity contribution in [2.75, 3.05) is 0 Å². The average Bonchev–Trinajstić information content (AvgIpc) is 3.06. The van der Waals surface area contributed by atoms with E-state index in [2.05, 4.69) is 0 Å². The van der Waals surface area contributed by atoms with Gasteiger partial charge in [0.25, 0.3) is 0 Å². The number of hydrogen-bond donors (Lipinski definition) is 1. The molecule has 2 unspecified atom stereocenters. The van der Waals surface area contributed by atoms with Crippen LogP contribution in [0.25, 0.3) is 0 Å². The zero-order valence-corrected chi connectivity index (χ0v) is 13.9. The number of nitrogens with zero attached hydrogens (tertiary/aromatic N) is 1. The van der Waals surface area contributed by atoms with Crippen molar-refractivity contribution in [1.82, 2.24) is 4.31 Å². The molecule has 0 spiro atoms. The molecule has 118 valence electrons. The first kappa shape index (κ1) is 16.5. The van der Waals surface area contributed by atoms with Crippen molar-refractivity contribution in [1.29, 1.82) is 0 Å². The number of carboxylic acids is 1. The molecular formula is C14H21NO4S2. The first-order valence-corrected chi connectivity index (χ1v) is 9.48. The van der Waals surface area contributed by atoms with E-state index in [-0.39, 0.29) is 6.04 Å². The van der Waals surface area contributed by atoms with Crippen molar-refractivity contribution >= 4 is 27.3 Å². The summed E-state index contributed by atoms with van der Waals surface area (Å²) >= 11 is 1.51. The molecule has 1 aromatic heterocycles. The van der Waals surface area contributed by atoms with Crippen LogP contribution in [0.15, 0.2) is 17.5 Å². The molecule has 0 aliphatic heterocycles. The Morgan fingerprint density at radius 2 is 2.19 bits per heavy atom. The number of hydrogen-bond acceptors (Lipinski definition) is 4. The Hall–Kier alpha value is -0.920. The summed E-state index contributed by atoms with van der Waals surface area (Å²) in [5.41, 5.74) is 0. The van der Waals surface area contributed by atoms with E-state index in [1.54, 1.807) is 0 Å². The maximum Gasteiger partial charge on any atom is 0.307 e. The molecule has 1 aliphatic rings. The molecule has 0 amide bonds. The van der Waals surface area contributed by atoms with Crippen molar-refractivity contribution in [3.8, 4) is 0 Å². The van der Waals surface area contributed by atoms with Gasteiger partial charge in [-0.3, -0.25) is 4.79 Å². The summed E-state index contributed by atoms with van der Waals surface area (Å²) in [5, 5.41) is 10.4. The average molecular weight is 331 g/mol. The van der Waals surface area contributed by atoms with Crippen LogP contribution in [0.1, 0.15) is 38.0 Å². The summed E-state index contributed by atoms with van der Waals surface area (Å²) in [6.07, 6.45) is 1.54. The van der Waals surface area contributed by atoms with E-state index in [1.165, 1.54) is 15.6 Å². The fourth-order valence-electron chi connectivity index (χ4n) is 2.86. The molecule has 5 nitrogen and oxygen atoms in total. The number of carbonyl (C=O) groups is 1. The van der Waals surface area contributed by atoms with Crippen molar-refractivity contribution < 1.29 is 18.3 Å². The smallest absolute Gasteiger partial charge is 0.307 e. The second-order valence-corrected chi connectivity index (χ2v) is 8.81. The van der Waals surface area contributed by atoms with Gasteiger partial charge in [0, 0.05) is 17.5 Å². The van der Waals surface area contributed by atoms with Gasteiger partial charge in [0.2, 0.25) is 10.0 Å². The van der Waals surface area contributed by atoms with Crippen molar-refractivity contribution in [3.05, 3.63) is 22.4 Å². The van der Waals surface area contributed by atoms with Crippen LogP contribution in [0.5, 0.6) is 0 Å². The lowest BCUT2D eigenvalue weighted by atomic mass is 10.1. The lowest BCUT2D eigenvalue weighted by molar-refractivity contribution is -0.141. The highest BCUT2D eigenvalue weighted by Gasteiger charge is 2.44. The summed E-state index contributed by atoms with van der Waals surface area (Å²) in [4.78, 5) is 12.3. The number of sulfonamides is 1. The maximum atomic E-state index is 12.9. The third kappa shape index (κ3) is 3.46. The van der Waals surface area contributed by atoms with Gasteiger partial charge in [-0.05, 0) is 38.1 Å². The highest BCUT2D eigenvalue weighted by molar-refractivity contribution is 7.89. The summed E-state index contributed by atoms with van der Waals surface area (Å²) in [7, 11) is -3.61. The highest BCUT2D eigenvalue weighted by atomic mass is 32.2. The molecular weight excluding hydrogens is 310 g/mol. The van der Waals surface area contributed by atoms with E-state index >= 15 is 0 Å². The predicted octanol–water partition coefficient (Wildman–Crippen LogP) is 2.54. The molecule has 1 aromatic rings. The van der Waals surface area contributed by atoms with E-state index < -0.39 is 27.2 Å². The van der Waals surface area contributed by atoms with Gasteiger partial charge in [0.15, 0.2) is 0 Å². The van der Waals surface area contributed by atoms with Gasteiger partial charge in [-0.25, -0.2) is 8.42 Å². The Labute approximate surface area is 129 Å². The van der Waals surface area contributed by atoms with Crippen LogP contribution >= 0.6 is 11.3 Å². The van der Waals surface area contributed by atoms with E-state index in [9.17, 15) is 18.3 Å². The van der Waals surface area contributed by atoms with Gasteiger partial charge in [-0.1, -0.05) is 12.5 Å². The molecule has 2 rings (SSSR count). The number of aliphatic carboxylic acids is 1. The molecule has 1 N–H and O–H groups in total. The van der Waals surface area contributed by atoms with E-state index in [0.717, 1.165) is 4.88 Å². The second-order valence-electron chi connectivity index (χ2n) is 5.68. The summed E-state index contributed by atoms with van der Waals surface area (Å²) in [5.74, 6) is -1.78. The minimum absolute atomic E-state index is 0.188. The van der Waals surface area contributed by atoms with Gasteiger partial charge in [0.1, 0.15) is 0 Å².